The fraction of sp³-hybridized carbons (Fsp3) is 0.407. The van der Waals surface area contributed by atoms with E-state index in [1.54, 1.807) is 21.0 Å². The van der Waals surface area contributed by atoms with Crippen LogP contribution in [0.4, 0.5) is 5.69 Å². The van der Waals surface area contributed by atoms with Gasteiger partial charge in [-0.2, -0.15) is 0 Å². The van der Waals surface area contributed by atoms with Crippen LogP contribution in [0.2, 0.25) is 0 Å². The third kappa shape index (κ3) is 6.81. The van der Waals surface area contributed by atoms with Crippen LogP contribution in [0.25, 0.3) is 0 Å². The minimum atomic E-state index is -0.837. The van der Waals surface area contributed by atoms with Crippen LogP contribution in [0.5, 0.6) is 5.75 Å². The lowest BCUT2D eigenvalue weighted by Gasteiger charge is -2.41. The van der Waals surface area contributed by atoms with E-state index in [0.29, 0.717) is 0 Å². The van der Waals surface area contributed by atoms with Crippen LogP contribution in [-0.2, 0) is 35.1 Å². The average molecular weight is 528 g/mol. The fourth-order valence-corrected chi connectivity index (χ4v) is 4.11. The first kappa shape index (κ1) is 27.4. The highest BCUT2D eigenvalue weighted by atomic mass is 16.7. The van der Waals surface area contributed by atoms with Gasteiger partial charge in [-0.3, -0.25) is 14.9 Å². The number of esters is 1. The van der Waals surface area contributed by atoms with Crippen molar-refractivity contribution in [1.82, 2.24) is 0 Å². The molecule has 2 heterocycles. The number of carbonyl (C=O) groups is 2. The lowest BCUT2D eigenvalue weighted by Crippen LogP contribution is -2.52. The van der Waals surface area contributed by atoms with Crippen molar-refractivity contribution < 1.29 is 42.9 Å². The minimum Gasteiger partial charge on any atom is -0.497 e. The number of nitrogens with zero attached hydrogens (tertiary/aromatic N) is 1. The van der Waals surface area contributed by atoms with E-state index in [1.807, 2.05) is 24.3 Å². The summed E-state index contributed by atoms with van der Waals surface area (Å²) in [5.74, 6) is -0.124. The minimum absolute atomic E-state index is 0.139. The van der Waals surface area contributed by atoms with Gasteiger partial charge < -0.3 is 28.4 Å². The van der Waals surface area contributed by atoms with Crippen LogP contribution >= 0.6 is 0 Å². The second-order valence-electron chi connectivity index (χ2n) is 8.92. The van der Waals surface area contributed by atoms with Crippen LogP contribution in [0, 0.1) is 10.1 Å². The number of nitro groups is 1. The molecule has 0 amide bonds. The summed E-state index contributed by atoms with van der Waals surface area (Å²) in [6.07, 6.45) is -1.27. The monoisotopic (exact) mass is 527 g/mol. The Bertz CT molecular complexity index is 1160. The summed E-state index contributed by atoms with van der Waals surface area (Å²) in [7, 11) is 1.59. The van der Waals surface area contributed by atoms with E-state index in [1.165, 1.54) is 36.4 Å². The molecule has 4 rings (SSSR count). The predicted molar refractivity (Wildman–Crippen MR) is 132 cm³/mol. The lowest BCUT2D eigenvalue weighted by atomic mass is 10.0. The standard InChI is InChI=1S/C27H29NO10/c1-16-22(29)12-13-24(35-16)38-26-17(2)36-25(34-15-18-4-10-21(33-3)11-5-18)14-23(26)37-27(30)19-6-8-20(9-7-19)28(31)32/h4-13,16-17,23-26H,14-15H2,1-3H3/t16-,17+,23+,24-,25+,26+/m0/s1. The summed E-state index contributed by atoms with van der Waals surface area (Å²) >= 11 is 0. The molecule has 0 saturated carbocycles. The van der Waals surface area contributed by atoms with Gasteiger partial charge in [-0.15, -0.1) is 0 Å². The van der Waals surface area contributed by atoms with Crippen molar-refractivity contribution in [3.05, 3.63) is 81.9 Å². The smallest absolute Gasteiger partial charge is 0.338 e. The Morgan fingerprint density at radius 2 is 1.79 bits per heavy atom. The number of ketones is 1. The number of ether oxygens (including phenoxy) is 6. The van der Waals surface area contributed by atoms with Crippen LogP contribution in [0.3, 0.4) is 0 Å². The highest BCUT2D eigenvalue weighted by Gasteiger charge is 2.42. The molecule has 0 spiro atoms. The van der Waals surface area contributed by atoms with Gasteiger partial charge in [0.15, 0.2) is 18.4 Å². The molecule has 2 aromatic rings. The largest absolute Gasteiger partial charge is 0.497 e. The first-order valence-corrected chi connectivity index (χ1v) is 12.1. The molecule has 0 aromatic heterocycles. The Morgan fingerprint density at radius 1 is 1.08 bits per heavy atom. The molecule has 2 aromatic carbocycles. The number of rotatable bonds is 9. The molecule has 11 heteroatoms. The average Bonchev–Trinajstić information content (AvgIpc) is 2.91. The third-order valence-corrected chi connectivity index (χ3v) is 6.24. The van der Waals surface area contributed by atoms with E-state index in [0.717, 1.165) is 11.3 Å². The number of non-ortho nitro benzene ring substituents is 1. The zero-order valence-electron chi connectivity index (χ0n) is 21.2. The van der Waals surface area contributed by atoms with Crippen LogP contribution in [-0.4, -0.2) is 60.8 Å². The molecule has 6 atom stereocenters. The van der Waals surface area contributed by atoms with Crippen molar-refractivity contribution in [3.8, 4) is 5.75 Å². The molecular formula is C27H29NO10. The normalized spacial score (nSPS) is 27.1. The number of nitro benzene ring substituents is 1. The maximum atomic E-state index is 12.9. The first-order chi connectivity index (χ1) is 18.2. The SMILES string of the molecule is COc1ccc(CO[C@H]2C[C@@H](OC(=O)c3ccc([N+](=O)[O-])cc3)[C@H](O[C@H]3C=CC(=O)[C@H](C)O3)[C@@H](C)O2)cc1. The molecule has 0 aliphatic carbocycles. The molecule has 0 bridgehead atoms. The molecule has 1 fully saturated rings. The van der Waals surface area contributed by atoms with Crippen molar-refractivity contribution in [2.24, 2.45) is 0 Å². The van der Waals surface area contributed by atoms with E-state index in [9.17, 15) is 19.7 Å². The van der Waals surface area contributed by atoms with Crippen LogP contribution in [0.1, 0.15) is 36.2 Å². The van der Waals surface area contributed by atoms with Gasteiger partial charge in [0.2, 0.25) is 0 Å². The topological polar surface area (TPSA) is 133 Å². The molecule has 0 N–H and O–H groups in total. The van der Waals surface area contributed by atoms with E-state index < -0.39 is 47.9 Å². The quantitative estimate of drug-likeness (QED) is 0.270. The summed E-state index contributed by atoms with van der Waals surface area (Å²) in [5, 5.41) is 10.9. The highest BCUT2D eigenvalue weighted by molar-refractivity contribution is 5.93. The Kier molecular flexibility index (Phi) is 8.85. The van der Waals surface area contributed by atoms with Crippen LogP contribution < -0.4 is 4.74 Å². The van der Waals surface area contributed by atoms with E-state index in [2.05, 4.69) is 0 Å². The molecule has 38 heavy (non-hydrogen) atoms. The number of methoxy groups -OCH3 is 1. The number of carbonyl (C=O) groups excluding carboxylic acids is 2. The van der Waals surface area contributed by atoms with Crippen molar-refractivity contribution in [3.63, 3.8) is 0 Å². The zero-order valence-corrected chi connectivity index (χ0v) is 21.2. The van der Waals surface area contributed by atoms with Gasteiger partial charge in [-0.05, 0) is 55.8 Å². The van der Waals surface area contributed by atoms with Gasteiger partial charge >= 0.3 is 5.97 Å². The second-order valence-corrected chi connectivity index (χ2v) is 8.92. The van der Waals surface area contributed by atoms with Crippen molar-refractivity contribution in [2.75, 3.05) is 7.11 Å². The van der Waals surface area contributed by atoms with Gasteiger partial charge in [0.05, 0.1) is 30.3 Å². The van der Waals surface area contributed by atoms with Gasteiger partial charge in [0.25, 0.3) is 5.69 Å². The van der Waals surface area contributed by atoms with E-state index in [-0.39, 0.29) is 30.1 Å². The maximum absolute atomic E-state index is 12.9. The summed E-state index contributed by atoms with van der Waals surface area (Å²) in [5.41, 5.74) is 0.913. The molecule has 2 aliphatic rings. The Balaban J connectivity index is 1.47. The maximum Gasteiger partial charge on any atom is 0.338 e. The fourth-order valence-electron chi connectivity index (χ4n) is 4.11. The van der Waals surface area contributed by atoms with Crippen molar-refractivity contribution in [1.29, 1.82) is 0 Å². The highest BCUT2D eigenvalue weighted by Crippen LogP contribution is 2.30. The molecule has 202 valence electrons. The second kappa shape index (κ2) is 12.3. The summed E-state index contributed by atoms with van der Waals surface area (Å²) < 4.78 is 34.7. The zero-order chi connectivity index (χ0) is 27.2. The summed E-state index contributed by atoms with van der Waals surface area (Å²) in [6, 6.07) is 12.5. The Labute approximate surface area is 219 Å². The van der Waals surface area contributed by atoms with Gasteiger partial charge in [0, 0.05) is 18.6 Å². The lowest BCUT2D eigenvalue weighted by molar-refractivity contribution is -0.384. The van der Waals surface area contributed by atoms with Crippen molar-refractivity contribution >= 4 is 17.4 Å². The predicted octanol–water partition coefficient (Wildman–Crippen LogP) is 3.74. The third-order valence-electron chi connectivity index (χ3n) is 6.24. The number of hydrogen-bond acceptors (Lipinski definition) is 10. The van der Waals surface area contributed by atoms with Gasteiger partial charge in [-0.1, -0.05) is 12.1 Å². The Hall–Kier alpha value is -3.64. The molecule has 1 saturated heterocycles. The van der Waals surface area contributed by atoms with Crippen LogP contribution in [0.15, 0.2) is 60.7 Å². The molecular weight excluding hydrogens is 498 g/mol. The van der Waals surface area contributed by atoms with Gasteiger partial charge in [-0.25, -0.2) is 4.79 Å². The summed E-state index contributed by atoms with van der Waals surface area (Å²) in [6.45, 7) is 3.64. The molecule has 2 aliphatic heterocycles. The van der Waals surface area contributed by atoms with E-state index >= 15 is 0 Å². The number of hydrogen-bond donors (Lipinski definition) is 0. The first-order valence-electron chi connectivity index (χ1n) is 12.1. The van der Waals surface area contributed by atoms with Crippen molar-refractivity contribution in [2.45, 2.75) is 63.9 Å². The molecule has 0 unspecified atom stereocenters. The van der Waals surface area contributed by atoms with Gasteiger partial charge in [0.1, 0.15) is 24.1 Å². The number of benzene rings is 2. The summed E-state index contributed by atoms with van der Waals surface area (Å²) in [4.78, 5) is 35.1. The molecule has 11 nitrogen and oxygen atoms in total. The Morgan fingerprint density at radius 3 is 2.42 bits per heavy atom. The van der Waals surface area contributed by atoms with E-state index in [4.69, 9.17) is 28.4 Å². The molecule has 0 radical (unpaired) electrons.